The highest BCUT2D eigenvalue weighted by Gasteiger charge is 1.99. The molecule has 0 radical (unpaired) electrons. The van der Waals surface area contributed by atoms with Crippen molar-refractivity contribution >= 4 is 11.6 Å². The van der Waals surface area contributed by atoms with E-state index in [0.717, 1.165) is 12.2 Å². The van der Waals surface area contributed by atoms with E-state index in [-0.39, 0.29) is 0 Å². The minimum Gasteiger partial charge on any atom is -0.349 e. The Labute approximate surface area is 88.6 Å². The van der Waals surface area contributed by atoms with Crippen LogP contribution in [0.1, 0.15) is 13.8 Å². The molecule has 2 aromatic rings. The zero-order valence-corrected chi connectivity index (χ0v) is 8.94. The largest absolute Gasteiger partial charge is 0.349 e. The molecule has 0 aliphatic heterocycles. The summed E-state index contributed by atoms with van der Waals surface area (Å²) in [6, 6.07) is 5.81. The second kappa shape index (κ2) is 4.13. The quantitative estimate of drug-likeness (QED) is 0.775. The lowest BCUT2D eigenvalue weighted by Gasteiger charge is -1.95. The number of pyridine rings is 1. The Morgan fingerprint density at radius 2 is 2.33 bits per heavy atom. The molecule has 0 aromatic carbocycles. The molecule has 0 atom stereocenters. The van der Waals surface area contributed by atoms with Gasteiger partial charge in [-0.25, -0.2) is 4.52 Å². The second-order valence-corrected chi connectivity index (χ2v) is 3.60. The summed E-state index contributed by atoms with van der Waals surface area (Å²) in [4.78, 5) is 4.32. The van der Waals surface area contributed by atoms with Crippen molar-refractivity contribution in [3.05, 3.63) is 36.0 Å². The van der Waals surface area contributed by atoms with Crippen LogP contribution in [-0.4, -0.2) is 21.1 Å². The zero-order chi connectivity index (χ0) is 10.7. The second-order valence-electron chi connectivity index (χ2n) is 3.60. The van der Waals surface area contributed by atoms with Gasteiger partial charge >= 0.3 is 0 Å². The summed E-state index contributed by atoms with van der Waals surface area (Å²) < 4.78 is 1.75. The van der Waals surface area contributed by atoms with Gasteiger partial charge in [-0.2, -0.15) is 4.98 Å². The van der Waals surface area contributed by atoms with E-state index in [2.05, 4.69) is 35.3 Å². The van der Waals surface area contributed by atoms with Crippen molar-refractivity contribution in [2.45, 2.75) is 13.8 Å². The fourth-order valence-electron chi connectivity index (χ4n) is 1.25. The summed E-state index contributed by atoms with van der Waals surface area (Å²) in [5.41, 5.74) is 2.14. The maximum Gasteiger partial charge on any atom is 0.243 e. The number of nitrogens with one attached hydrogen (secondary N) is 1. The van der Waals surface area contributed by atoms with E-state index in [4.69, 9.17) is 0 Å². The van der Waals surface area contributed by atoms with E-state index in [0.29, 0.717) is 5.95 Å². The summed E-state index contributed by atoms with van der Waals surface area (Å²) >= 11 is 0. The van der Waals surface area contributed by atoms with E-state index in [1.54, 1.807) is 4.52 Å². The van der Waals surface area contributed by atoms with Gasteiger partial charge in [0.25, 0.3) is 0 Å². The fourth-order valence-corrected chi connectivity index (χ4v) is 1.25. The molecule has 0 saturated heterocycles. The molecule has 0 aliphatic carbocycles. The fraction of sp³-hybridized carbons (Fsp3) is 0.273. The Balaban J connectivity index is 2.12. The van der Waals surface area contributed by atoms with Gasteiger partial charge in [0.05, 0.1) is 0 Å². The number of anilines is 1. The maximum absolute atomic E-state index is 4.32. The number of fused-ring (bicyclic) bond motifs is 1. The molecule has 15 heavy (non-hydrogen) atoms. The predicted octanol–water partition coefficient (Wildman–Crippen LogP) is 2.11. The van der Waals surface area contributed by atoms with Gasteiger partial charge in [0.1, 0.15) is 0 Å². The summed E-state index contributed by atoms with van der Waals surface area (Å²) in [5, 5.41) is 7.42. The van der Waals surface area contributed by atoms with E-state index < -0.39 is 0 Å². The van der Waals surface area contributed by atoms with Crippen molar-refractivity contribution in [2.75, 3.05) is 11.9 Å². The smallest absolute Gasteiger partial charge is 0.243 e. The third-order valence-corrected chi connectivity index (χ3v) is 2.01. The van der Waals surface area contributed by atoms with Gasteiger partial charge in [0.2, 0.25) is 5.95 Å². The summed E-state index contributed by atoms with van der Waals surface area (Å²) in [5.74, 6) is 0.665. The van der Waals surface area contributed by atoms with E-state index in [9.17, 15) is 0 Å². The van der Waals surface area contributed by atoms with Gasteiger partial charge in [-0.05, 0) is 26.0 Å². The molecule has 1 N–H and O–H groups in total. The van der Waals surface area contributed by atoms with Crippen LogP contribution in [0.5, 0.6) is 0 Å². The number of hydrogen-bond acceptors (Lipinski definition) is 3. The van der Waals surface area contributed by atoms with Crippen LogP contribution in [0.25, 0.3) is 5.65 Å². The van der Waals surface area contributed by atoms with Gasteiger partial charge in [0, 0.05) is 12.7 Å². The first-order valence-electron chi connectivity index (χ1n) is 4.94. The third-order valence-electron chi connectivity index (χ3n) is 2.01. The number of nitrogens with zero attached hydrogens (tertiary/aromatic N) is 3. The van der Waals surface area contributed by atoms with Crippen LogP contribution < -0.4 is 5.32 Å². The average Bonchev–Trinajstić information content (AvgIpc) is 2.59. The molecule has 0 fully saturated rings. The molecular formula is C11H14N4. The van der Waals surface area contributed by atoms with Crippen molar-refractivity contribution in [1.29, 1.82) is 0 Å². The Morgan fingerprint density at radius 3 is 3.07 bits per heavy atom. The van der Waals surface area contributed by atoms with E-state index in [1.165, 1.54) is 5.57 Å². The minimum absolute atomic E-state index is 0.665. The van der Waals surface area contributed by atoms with Crippen LogP contribution in [0, 0.1) is 0 Å². The zero-order valence-electron chi connectivity index (χ0n) is 8.94. The lowest BCUT2D eigenvalue weighted by molar-refractivity contribution is 0.959. The van der Waals surface area contributed by atoms with Crippen molar-refractivity contribution < 1.29 is 0 Å². The Bertz CT molecular complexity index is 447. The van der Waals surface area contributed by atoms with Gasteiger partial charge in [0.15, 0.2) is 5.65 Å². The number of hydrogen-bond donors (Lipinski definition) is 1. The van der Waals surface area contributed by atoms with E-state index in [1.807, 2.05) is 24.4 Å². The molecule has 0 saturated carbocycles. The van der Waals surface area contributed by atoms with Gasteiger partial charge in [-0.15, -0.1) is 5.10 Å². The maximum atomic E-state index is 4.32. The molecule has 0 bridgehead atoms. The summed E-state index contributed by atoms with van der Waals surface area (Å²) in [7, 11) is 0. The van der Waals surface area contributed by atoms with Crippen molar-refractivity contribution in [1.82, 2.24) is 14.6 Å². The standard InChI is InChI=1S/C11H14N4/c1-9(2)6-7-12-11-13-10-5-3-4-8-15(10)14-11/h3-6,8H,7H2,1-2H3,(H,12,14). The van der Waals surface area contributed by atoms with Crippen molar-refractivity contribution in [3.8, 4) is 0 Å². The lowest BCUT2D eigenvalue weighted by Crippen LogP contribution is -2.00. The molecule has 0 amide bonds. The molecule has 2 rings (SSSR count). The minimum atomic E-state index is 0.665. The van der Waals surface area contributed by atoms with Crippen LogP contribution in [-0.2, 0) is 0 Å². The first-order chi connectivity index (χ1) is 7.25. The van der Waals surface area contributed by atoms with E-state index >= 15 is 0 Å². The lowest BCUT2D eigenvalue weighted by atomic mass is 10.3. The predicted molar refractivity (Wildman–Crippen MR) is 60.9 cm³/mol. The van der Waals surface area contributed by atoms with Crippen molar-refractivity contribution in [2.24, 2.45) is 0 Å². The van der Waals surface area contributed by atoms with Gasteiger partial charge < -0.3 is 5.32 Å². The van der Waals surface area contributed by atoms with Crippen LogP contribution in [0.3, 0.4) is 0 Å². The molecule has 0 aliphatic rings. The molecule has 4 nitrogen and oxygen atoms in total. The highest BCUT2D eigenvalue weighted by atomic mass is 15.3. The molecule has 4 heteroatoms. The van der Waals surface area contributed by atoms with Gasteiger partial charge in [-0.1, -0.05) is 17.7 Å². The van der Waals surface area contributed by atoms with Crippen LogP contribution in [0.2, 0.25) is 0 Å². The number of allylic oxidation sites excluding steroid dienone is 1. The summed E-state index contributed by atoms with van der Waals surface area (Å²) in [6.45, 7) is 4.90. The Morgan fingerprint density at radius 1 is 1.47 bits per heavy atom. The monoisotopic (exact) mass is 202 g/mol. The molecule has 0 unspecified atom stereocenters. The van der Waals surface area contributed by atoms with Crippen molar-refractivity contribution in [3.63, 3.8) is 0 Å². The Hall–Kier alpha value is -1.84. The SMILES string of the molecule is CC(C)=CCNc1nc2ccccn2n1. The molecule has 78 valence electrons. The molecule has 2 aromatic heterocycles. The van der Waals surface area contributed by atoms with Crippen LogP contribution in [0.15, 0.2) is 36.0 Å². The first kappa shape index (κ1) is 9.71. The topological polar surface area (TPSA) is 42.2 Å². The molecule has 2 heterocycles. The number of rotatable bonds is 3. The van der Waals surface area contributed by atoms with Gasteiger partial charge in [-0.3, -0.25) is 0 Å². The van der Waals surface area contributed by atoms with Crippen LogP contribution in [0.4, 0.5) is 5.95 Å². The first-order valence-corrected chi connectivity index (χ1v) is 4.94. The number of aromatic nitrogens is 3. The highest BCUT2D eigenvalue weighted by molar-refractivity contribution is 5.42. The third kappa shape index (κ3) is 2.34. The molecular weight excluding hydrogens is 188 g/mol. The Kier molecular flexibility index (Phi) is 2.67. The normalized spacial score (nSPS) is 10.3. The highest BCUT2D eigenvalue weighted by Crippen LogP contribution is 2.03. The van der Waals surface area contributed by atoms with Crippen LogP contribution >= 0.6 is 0 Å². The average molecular weight is 202 g/mol. The molecule has 0 spiro atoms. The summed E-state index contributed by atoms with van der Waals surface area (Å²) in [6.07, 6.45) is 3.99.